The van der Waals surface area contributed by atoms with Gasteiger partial charge in [0, 0.05) is 17.8 Å². The summed E-state index contributed by atoms with van der Waals surface area (Å²) in [6.07, 6.45) is 3.88. The van der Waals surface area contributed by atoms with E-state index in [2.05, 4.69) is 41.5 Å². The minimum Gasteiger partial charge on any atom is -0.381 e. The molecule has 0 aliphatic rings. The Morgan fingerprint density at radius 3 is 2.50 bits per heavy atom. The van der Waals surface area contributed by atoms with E-state index in [0.29, 0.717) is 6.04 Å². The van der Waals surface area contributed by atoms with E-state index in [0.717, 1.165) is 34.8 Å². The topological polar surface area (TPSA) is 24.9 Å². The van der Waals surface area contributed by atoms with E-state index in [9.17, 15) is 0 Å². The molecule has 3 heteroatoms. The second kappa shape index (κ2) is 7.98. The van der Waals surface area contributed by atoms with Crippen LogP contribution in [0.25, 0.3) is 11.3 Å². The minimum atomic E-state index is 0.335. The van der Waals surface area contributed by atoms with Gasteiger partial charge in [0.15, 0.2) is 0 Å². The molecule has 2 aromatic carbocycles. The highest BCUT2D eigenvalue weighted by Gasteiger charge is 2.11. The summed E-state index contributed by atoms with van der Waals surface area (Å²) in [6.45, 7) is 2.19. The standard InChI is InChI=1S/C21H21ClN2/c1-16(13-14-17-8-3-2-4-9-17)24-20-12-7-10-18(21(20)22)19-11-5-6-15-23-19/h2-12,15-16,24H,13-14H2,1H3. The number of pyridine rings is 1. The van der Waals surface area contributed by atoms with Crippen molar-refractivity contribution in [2.75, 3.05) is 5.32 Å². The fourth-order valence-corrected chi connectivity index (χ4v) is 3.01. The number of halogens is 1. The number of hydrogen-bond donors (Lipinski definition) is 1. The Labute approximate surface area is 148 Å². The number of nitrogens with zero attached hydrogens (tertiary/aromatic N) is 1. The van der Waals surface area contributed by atoms with Gasteiger partial charge in [0.2, 0.25) is 0 Å². The van der Waals surface area contributed by atoms with Gasteiger partial charge in [-0.2, -0.15) is 0 Å². The number of hydrogen-bond acceptors (Lipinski definition) is 2. The quantitative estimate of drug-likeness (QED) is 0.612. The van der Waals surface area contributed by atoms with Crippen molar-refractivity contribution in [1.82, 2.24) is 4.98 Å². The molecule has 1 atom stereocenters. The fourth-order valence-electron chi connectivity index (χ4n) is 2.73. The van der Waals surface area contributed by atoms with Crippen molar-refractivity contribution in [2.45, 2.75) is 25.8 Å². The summed E-state index contributed by atoms with van der Waals surface area (Å²) < 4.78 is 0. The van der Waals surface area contributed by atoms with Crippen LogP contribution in [0.1, 0.15) is 18.9 Å². The maximum absolute atomic E-state index is 6.60. The van der Waals surface area contributed by atoms with E-state index in [4.69, 9.17) is 11.6 Å². The number of anilines is 1. The Hall–Kier alpha value is -2.32. The van der Waals surface area contributed by atoms with Crippen LogP contribution in [-0.4, -0.2) is 11.0 Å². The summed E-state index contributed by atoms with van der Waals surface area (Å²) in [4.78, 5) is 4.39. The van der Waals surface area contributed by atoms with Crippen LogP contribution in [0.4, 0.5) is 5.69 Å². The molecule has 1 heterocycles. The molecule has 0 fully saturated rings. The highest BCUT2D eigenvalue weighted by atomic mass is 35.5. The smallest absolute Gasteiger partial charge is 0.0731 e. The first-order chi connectivity index (χ1) is 11.7. The summed E-state index contributed by atoms with van der Waals surface area (Å²) in [5, 5.41) is 4.26. The van der Waals surface area contributed by atoms with Gasteiger partial charge in [-0.1, -0.05) is 60.1 Å². The molecule has 0 spiro atoms. The molecular formula is C21H21ClN2. The average molecular weight is 337 g/mol. The van der Waals surface area contributed by atoms with Crippen molar-refractivity contribution in [3.8, 4) is 11.3 Å². The maximum Gasteiger partial charge on any atom is 0.0731 e. The summed E-state index contributed by atoms with van der Waals surface area (Å²) in [5.74, 6) is 0. The van der Waals surface area contributed by atoms with Gasteiger partial charge < -0.3 is 5.32 Å². The van der Waals surface area contributed by atoms with Crippen LogP contribution >= 0.6 is 11.6 Å². The number of rotatable bonds is 6. The fraction of sp³-hybridized carbons (Fsp3) is 0.190. The molecule has 2 nitrogen and oxygen atoms in total. The van der Waals surface area contributed by atoms with E-state index in [1.165, 1.54) is 5.56 Å². The van der Waals surface area contributed by atoms with Crippen LogP contribution in [0, 0.1) is 0 Å². The summed E-state index contributed by atoms with van der Waals surface area (Å²) >= 11 is 6.60. The zero-order valence-corrected chi connectivity index (χ0v) is 14.5. The highest BCUT2D eigenvalue weighted by Crippen LogP contribution is 2.33. The lowest BCUT2D eigenvalue weighted by Gasteiger charge is -2.18. The molecule has 1 N–H and O–H groups in total. The third-order valence-corrected chi connectivity index (χ3v) is 4.46. The average Bonchev–Trinajstić information content (AvgIpc) is 2.63. The van der Waals surface area contributed by atoms with Crippen LogP contribution in [0.15, 0.2) is 72.9 Å². The van der Waals surface area contributed by atoms with Crippen LogP contribution in [0.3, 0.4) is 0 Å². The first-order valence-electron chi connectivity index (χ1n) is 8.24. The number of nitrogens with one attached hydrogen (secondary N) is 1. The SMILES string of the molecule is CC(CCc1ccccc1)Nc1cccc(-c2ccccn2)c1Cl. The lowest BCUT2D eigenvalue weighted by molar-refractivity contribution is 0.706. The third kappa shape index (κ3) is 4.15. The van der Waals surface area contributed by atoms with Crippen LogP contribution < -0.4 is 5.32 Å². The Morgan fingerprint density at radius 2 is 1.75 bits per heavy atom. The lowest BCUT2D eigenvalue weighted by atomic mass is 10.1. The molecule has 0 aliphatic heterocycles. The second-order valence-corrected chi connectivity index (χ2v) is 6.33. The molecule has 0 saturated carbocycles. The van der Waals surface area contributed by atoms with Gasteiger partial charge in [-0.15, -0.1) is 0 Å². The van der Waals surface area contributed by atoms with Crippen LogP contribution in [-0.2, 0) is 6.42 Å². The largest absolute Gasteiger partial charge is 0.381 e. The van der Waals surface area contributed by atoms with E-state index in [-0.39, 0.29) is 0 Å². The Bertz CT molecular complexity index is 772. The predicted molar refractivity (Wildman–Crippen MR) is 103 cm³/mol. The van der Waals surface area contributed by atoms with Gasteiger partial charge in [0.25, 0.3) is 0 Å². The van der Waals surface area contributed by atoms with Gasteiger partial charge in [-0.05, 0) is 43.5 Å². The molecule has 1 aromatic heterocycles. The van der Waals surface area contributed by atoms with Gasteiger partial charge >= 0.3 is 0 Å². The molecule has 1 unspecified atom stereocenters. The Morgan fingerprint density at radius 1 is 0.958 bits per heavy atom. The van der Waals surface area contributed by atoms with E-state index in [1.54, 1.807) is 6.20 Å². The van der Waals surface area contributed by atoms with Crippen molar-refractivity contribution in [3.05, 3.63) is 83.5 Å². The van der Waals surface area contributed by atoms with Crippen LogP contribution in [0.5, 0.6) is 0 Å². The van der Waals surface area contributed by atoms with Crippen molar-refractivity contribution in [1.29, 1.82) is 0 Å². The third-order valence-electron chi connectivity index (χ3n) is 4.05. The van der Waals surface area contributed by atoms with Gasteiger partial charge in [-0.3, -0.25) is 4.98 Å². The van der Waals surface area contributed by atoms with Crippen molar-refractivity contribution in [3.63, 3.8) is 0 Å². The molecular weight excluding hydrogens is 316 g/mol. The number of aromatic nitrogens is 1. The molecule has 3 aromatic rings. The van der Waals surface area contributed by atoms with Gasteiger partial charge in [-0.25, -0.2) is 0 Å². The van der Waals surface area contributed by atoms with Crippen molar-refractivity contribution >= 4 is 17.3 Å². The van der Waals surface area contributed by atoms with E-state index < -0.39 is 0 Å². The van der Waals surface area contributed by atoms with Crippen LogP contribution in [0.2, 0.25) is 5.02 Å². The second-order valence-electron chi connectivity index (χ2n) is 5.95. The zero-order valence-electron chi connectivity index (χ0n) is 13.7. The zero-order chi connectivity index (χ0) is 16.8. The molecule has 0 radical (unpaired) electrons. The molecule has 3 rings (SSSR count). The molecule has 0 aliphatic carbocycles. The van der Waals surface area contributed by atoms with Crippen molar-refractivity contribution in [2.24, 2.45) is 0 Å². The van der Waals surface area contributed by atoms with Crippen molar-refractivity contribution < 1.29 is 0 Å². The first kappa shape index (κ1) is 16.5. The summed E-state index contributed by atoms with van der Waals surface area (Å²) in [5.41, 5.74) is 4.17. The molecule has 0 saturated heterocycles. The predicted octanol–water partition coefficient (Wildman–Crippen LogP) is 5.84. The molecule has 0 amide bonds. The summed E-state index contributed by atoms with van der Waals surface area (Å²) in [6, 6.07) is 22.8. The number of aryl methyl sites for hydroxylation is 1. The van der Waals surface area contributed by atoms with Gasteiger partial charge in [0.05, 0.1) is 16.4 Å². The molecule has 0 bridgehead atoms. The number of benzene rings is 2. The van der Waals surface area contributed by atoms with E-state index in [1.807, 2.05) is 42.5 Å². The minimum absolute atomic E-state index is 0.335. The normalized spacial score (nSPS) is 11.9. The Kier molecular flexibility index (Phi) is 5.50. The highest BCUT2D eigenvalue weighted by molar-refractivity contribution is 6.35. The monoisotopic (exact) mass is 336 g/mol. The first-order valence-corrected chi connectivity index (χ1v) is 8.62. The molecule has 24 heavy (non-hydrogen) atoms. The van der Waals surface area contributed by atoms with Gasteiger partial charge in [0.1, 0.15) is 0 Å². The lowest BCUT2D eigenvalue weighted by Crippen LogP contribution is -2.16. The van der Waals surface area contributed by atoms with E-state index >= 15 is 0 Å². The Balaban J connectivity index is 1.69. The molecule has 122 valence electrons. The summed E-state index contributed by atoms with van der Waals surface area (Å²) in [7, 11) is 0. The maximum atomic E-state index is 6.60.